The Morgan fingerprint density at radius 1 is 0.829 bits per heavy atom. The zero-order valence-electron chi connectivity index (χ0n) is 16.3. The number of hydrogen-bond donors (Lipinski definition) is 1. The Bertz CT molecular complexity index is 1270. The van der Waals surface area contributed by atoms with Gasteiger partial charge >= 0.3 is 12.4 Å². The van der Waals surface area contributed by atoms with Crippen molar-refractivity contribution in [1.29, 1.82) is 0 Å². The van der Waals surface area contributed by atoms with Gasteiger partial charge in [0.2, 0.25) is 17.5 Å². The molecule has 0 atom stereocenters. The summed E-state index contributed by atoms with van der Waals surface area (Å²) in [6.07, 6.45) is -10.9. The van der Waals surface area contributed by atoms with Gasteiger partial charge in [-0.2, -0.15) is 36.1 Å². The van der Waals surface area contributed by atoms with Crippen LogP contribution in [0.5, 0.6) is 5.88 Å². The average molecular weight is 569 g/mol. The van der Waals surface area contributed by atoms with Crippen molar-refractivity contribution in [2.45, 2.75) is 19.3 Å². The van der Waals surface area contributed by atoms with E-state index in [1.165, 1.54) is 0 Å². The largest absolute Gasteiger partial charge is 0.493 e. The minimum atomic E-state index is -5.44. The predicted octanol–water partition coefficient (Wildman–Crippen LogP) is 5.24. The maximum atomic E-state index is 14.1. The molecule has 1 N–H and O–H groups in total. The Labute approximate surface area is 196 Å². The molecule has 0 aliphatic heterocycles. The fourth-order valence-corrected chi connectivity index (χ4v) is 2.81. The Morgan fingerprint density at radius 3 is 1.63 bits per heavy atom. The topological polar surface area (TPSA) is 68.0 Å². The molecule has 5 nitrogen and oxygen atoms in total. The van der Waals surface area contributed by atoms with Gasteiger partial charge in [-0.3, -0.25) is 4.79 Å². The van der Waals surface area contributed by atoms with Crippen LogP contribution in [-0.4, -0.2) is 25.7 Å². The van der Waals surface area contributed by atoms with Crippen molar-refractivity contribution in [3.05, 3.63) is 69.4 Å². The van der Waals surface area contributed by atoms with Gasteiger partial charge in [-0.25, -0.2) is 26.9 Å². The number of pyridine rings is 1. The molecule has 0 bridgehead atoms. The summed E-state index contributed by atoms with van der Waals surface area (Å²) >= 11 is 0. The van der Waals surface area contributed by atoms with Gasteiger partial charge in [0.05, 0.1) is 5.69 Å². The fraction of sp³-hybridized carbons (Fsp3) is 0.167. The minimum absolute atomic E-state index is 0. The molecule has 3 aromatic rings. The van der Waals surface area contributed by atoms with Crippen LogP contribution < -0.4 is 0 Å². The molecule has 0 aliphatic carbocycles. The van der Waals surface area contributed by atoms with Crippen LogP contribution in [0.2, 0.25) is 0 Å². The zero-order chi connectivity index (χ0) is 25.9. The van der Waals surface area contributed by atoms with Crippen molar-refractivity contribution in [2.75, 3.05) is 0 Å². The number of benzene rings is 1. The Morgan fingerprint density at radius 2 is 1.23 bits per heavy atom. The number of nitrogens with zero attached hydrogens (tertiary/aromatic N) is 3. The summed E-state index contributed by atoms with van der Waals surface area (Å²) < 4.78 is 146. The van der Waals surface area contributed by atoms with Gasteiger partial charge in [0.1, 0.15) is 22.6 Å². The number of rotatable bonds is 3. The van der Waals surface area contributed by atoms with Gasteiger partial charge in [0.25, 0.3) is 0 Å². The maximum absolute atomic E-state index is 14.1. The molecule has 0 saturated carbocycles. The monoisotopic (exact) mass is 568 g/mol. The van der Waals surface area contributed by atoms with Crippen molar-refractivity contribution < 1.29 is 75.3 Å². The molecule has 0 spiro atoms. The molecule has 35 heavy (non-hydrogen) atoms. The molecule has 1 aromatic carbocycles. The van der Waals surface area contributed by atoms with Gasteiger partial charge in [-0.1, -0.05) is 0 Å². The van der Waals surface area contributed by atoms with Gasteiger partial charge in [0.15, 0.2) is 23.3 Å². The van der Waals surface area contributed by atoms with Crippen LogP contribution in [0.25, 0.3) is 5.69 Å². The van der Waals surface area contributed by atoms with Crippen LogP contribution in [0.3, 0.4) is 0 Å². The van der Waals surface area contributed by atoms with Crippen molar-refractivity contribution in [3.63, 3.8) is 0 Å². The molecule has 1 radical (unpaired) electrons. The van der Waals surface area contributed by atoms with E-state index >= 15 is 0 Å². The van der Waals surface area contributed by atoms with E-state index in [0.717, 1.165) is 6.92 Å². The van der Waals surface area contributed by atoms with Crippen molar-refractivity contribution >= 4 is 5.78 Å². The van der Waals surface area contributed by atoms with Gasteiger partial charge in [-0.05, 0) is 19.1 Å². The summed E-state index contributed by atoms with van der Waals surface area (Å²) in [5.41, 5.74) is -9.32. The first-order valence-electron chi connectivity index (χ1n) is 8.48. The molecule has 3 rings (SSSR count). The molecular formula is C18H6CuF11N3O2. The van der Waals surface area contributed by atoms with E-state index in [4.69, 9.17) is 0 Å². The summed E-state index contributed by atoms with van der Waals surface area (Å²) in [7, 11) is 0. The van der Waals surface area contributed by atoms with E-state index in [-0.39, 0.29) is 33.9 Å². The van der Waals surface area contributed by atoms with E-state index in [2.05, 4.69) is 10.1 Å². The third kappa shape index (κ3) is 4.82. The first kappa shape index (κ1) is 28.0. The summed E-state index contributed by atoms with van der Waals surface area (Å²) in [5, 5.41) is 13.5. The predicted molar refractivity (Wildman–Crippen MR) is 87.4 cm³/mol. The van der Waals surface area contributed by atoms with E-state index in [1.807, 2.05) is 0 Å². The number of hydrogen-bond acceptors (Lipinski definition) is 4. The third-order valence-electron chi connectivity index (χ3n) is 4.33. The zero-order valence-corrected chi connectivity index (χ0v) is 17.3. The summed E-state index contributed by atoms with van der Waals surface area (Å²) in [4.78, 5) is 15.1. The van der Waals surface area contributed by atoms with E-state index in [0.29, 0.717) is 0 Å². The van der Waals surface area contributed by atoms with Crippen LogP contribution >= 0.6 is 0 Å². The molecule has 0 unspecified atom stereocenters. The van der Waals surface area contributed by atoms with Crippen molar-refractivity contribution in [1.82, 2.24) is 14.8 Å². The summed E-state index contributed by atoms with van der Waals surface area (Å²) in [6.45, 7) is 0.825. The summed E-state index contributed by atoms with van der Waals surface area (Å²) in [5.74, 6) is -15.8. The second-order valence-electron chi connectivity index (χ2n) is 6.57. The van der Waals surface area contributed by atoms with Gasteiger partial charge in [-0.15, -0.1) is 0 Å². The second kappa shape index (κ2) is 9.11. The average Bonchev–Trinajstić information content (AvgIpc) is 3.02. The number of aromatic nitrogens is 3. The minimum Gasteiger partial charge on any atom is -0.493 e. The molecule has 0 saturated heterocycles. The molecule has 0 amide bonds. The number of carbonyl (C=O) groups is 1. The normalized spacial score (nSPS) is 12.0. The van der Waals surface area contributed by atoms with E-state index in [9.17, 15) is 58.2 Å². The number of halogens is 11. The number of aromatic hydroxyl groups is 1. The first-order chi connectivity index (χ1) is 15.5. The molecule has 0 fully saturated rings. The SMILES string of the molecule is Cc1nn(-c2c(F)c(F)c(F)c(F)c2F)c(O)c1C(=O)c1cc(C(F)(F)F)nc(C(F)(F)F)c1.[Cu]. The number of ketones is 1. The van der Waals surface area contributed by atoms with Crippen LogP contribution in [-0.2, 0) is 29.4 Å². The Balaban J connectivity index is 0.00000432. The molecule has 0 aliphatic rings. The number of aryl methyl sites for hydroxylation is 1. The summed E-state index contributed by atoms with van der Waals surface area (Å²) in [6, 6.07) is -0.182. The third-order valence-corrected chi connectivity index (χ3v) is 4.33. The first-order valence-corrected chi connectivity index (χ1v) is 8.48. The molecule has 193 valence electrons. The van der Waals surface area contributed by atoms with Crippen LogP contribution in [0.1, 0.15) is 33.0 Å². The van der Waals surface area contributed by atoms with Crippen molar-refractivity contribution in [3.8, 4) is 11.6 Å². The van der Waals surface area contributed by atoms with Crippen LogP contribution in [0, 0.1) is 36.0 Å². The number of carbonyl (C=O) groups excluding carboxylic acids is 1. The Kier molecular flexibility index (Phi) is 7.30. The van der Waals surface area contributed by atoms with Gasteiger partial charge in [0, 0.05) is 22.6 Å². The van der Waals surface area contributed by atoms with Crippen LogP contribution in [0.15, 0.2) is 12.1 Å². The smallest absolute Gasteiger partial charge is 0.433 e. The number of alkyl halides is 6. The quantitative estimate of drug-likeness (QED) is 0.154. The maximum Gasteiger partial charge on any atom is 0.433 e. The van der Waals surface area contributed by atoms with Crippen molar-refractivity contribution in [2.24, 2.45) is 0 Å². The molecule has 17 heteroatoms. The van der Waals surface area contributed by atoms with Gasteiger partial charge < -0.3 is 5.11 Å². The van der Waals surface area contributed by atoms with E-state index in [1.54, 1.807) is 0 Å². The van der Waals surface area contributed by atoms with E-state index < -0.39 is 87.0 Å². The van der Waals surface area contributed by atoms with Crippen LogP contribution in [0.4, 0.5) is 48.3 Å². The molecule has 2 heterocycles. The fourth-order valence-electron chi connectivity index (χ4n) is 2.81. The Hall–Kier alpha value is -3.20. The molecule has 2 aromatic heterocycles. The second-order valence-corrected chi connectivity index (χ2v) is 6.57. The molecular weight excluding hydrogens is 563 g/mol. The standard InChI is InChI=1S/C18H6F11N3O2.Cu/c1-4-8(15(33)5-2-6(17(24,25)26)30-7(3-5)18(27,28)29)16(34)32(31-4)14-12(22)10(20)9(19)11(21)13(14)23;/h2-3,34H,1H3;.